The number of nitrogens with zero attached hydrogens (tertiary/aromatic N) is 1. The molecular weight excluding hydrogens is 220 g/mol. The predicted octanol–water partition coefficient (Wildman–Crippen LogP) is -0.669. The van der Waals surface area contributed by atoms with Gasteiger partial charge in [0.2, 0.25) is 10.0 Å². The number of aliphatic carboxylic acids is 1. The van der Waals surface area contributed by atoms with E-state index in [1.807, 2.05) is 19.0 Å². The normalized spacial score (nSPS) is 14.1. The first kappa shape index (κ1) is 14.3. The quantitative estimate of drug-likeness (QED) is 0.614. The van der Waals surface area contributed by atoms with Crippen molar-refractivity contribution >= 4 is 16.0 Å². The Balaban J connectivity index is 4.05. The van der Waals surface area contributed by atoms with Crippen LogP contribution in [-0.2, 0) is 14.8 Å². The molecule has 0 aromatic rings. The van der Waals surface area contributed by atoms with E-state index in [9.17, 15) is 13.2 Å². The zero-order valence-corrected chi connectivity index (χ0v) is 10.0. The summed E-state index contributed by atoms with van der Waals surface area (Å²) < 4.78 is 24.7. The number of sulfonamides is 1. The average molecular weight is 238 g/mol. The Morgan fingerprint density at radius 3 is 2.40 bits per heavy atom. The molecule has 0 aromatic carbocycles. The van der Waals surface area contributed by atoms with Crippen LogP contribution in [0.3, 0.4) is 0 Å². The zero-order chi connectivity index (χ0) is 12.1. The summed E-state index contributed by atoms with van der Waals surface area (Å²) in [5.74, 6) is -2.22. The van der Waals surface area contributed by atoms with Crippen LogP contribution >= 0.6 is 0 Å². The Morgan fingerprint density at radius 1 is 1.47 bits per heavy atom. The topological polar surface area (TPSA) is 86.7 Å². The van der Waals surface area contributed by atoms with Crippen LogP contribution < -0.4 is 4.72 Å². The maximum atomic E-state index is 11.2. The number of nitrogens with one attached hydrogen (secondary N) is 1. The first-order valence-electron chi connectivity index (χ1n) is 4.59. The van der Waals surface area contributed by atoms with Gasteiger partial charge in [0.25, 0.3) is 0 Å². The standard InChI is InChI=1S/C8H18N2O4S/c1-7(4-5-10(2)3)9-15(13,14)6-8(11)12/h7,9H,4-6H2,1-3H3,(H,11,12). The van der Waals surface area contributed by atoms with E-state index in [0.29, 0.717) is 6.42 Å². The third-order valence-corrected chi connectivity index (χ3v) is 3.09. The molecule has 0 rings (SSSR count). The van der Waals surface area contributed by atoms with Crippen LogP contribution in [0.2, 0.25) is 0 Å². The van der Waals surface area contributed by atoms with Gasteiger partial charge >= 0.3 is 5.97 Å². The van der Waals surface area contributed by atoms with E-state index in [0.717, 1.165) is 6.54 Å². The van der Waals surface area contributed by atoms with Crippen molar-refractivity contribution in [2.75, 3.05) is 26.4 Å². The molecule has 2 N–H and O–H groups in total. The molecule has 7 heteroatoms. The molecule has 0 bridgehead atoms. The van der Waals surface area contributed by atoms with Crippen LogP contribution in [0.15, 0.2) is 0 Å². The van der Waals surface area contributed by atoms with E-state index in [1.54, 1.807) is 6.92 Å². The van der Waals surface area contributed by atoms with Gasteiger partial charge in [0.15, 0.2) is 5.75 Å². The zero-order valence-electron chi connectivity index (χ0n) is 9.23. The summed E-state index contributed by atoms with van der Waals surface area (Å²) in [7, 11) is 0.0787. The molecule has 0 radical (unpaired) electrons. The Labute approximate surface area is 90.3 Å². The lowest BCUT2D eigenvalue weighted by Gasteiger charge is -2.16. The molecule has 0 aliphatic heterocycles. The van der Waals surface area contributed by atoms with Gasteiger partial charge in [-0.3, -0.25) is 4.79 Å². The van der Waals surface area contributed by atoms with Crippen LogP contribution in [0.5, 0.6) is 0 Å². The molecule has 6 nitrogen and oxygen atoms in total. The van der Waals surface area contributed by atoms with Crippen molar-refractivity contribution < 1.29 is 18.3 Å². The minimum absolute atomic E-state index is 0.253. The summed E-state index contributed by atoms with van der Waals surface area (Å²) in [5, 5.41) is 8.35. The molecule has 15 heavy (non-hydrogen) atoms. The number of carboxylic acid groups (broad SMARTS) is 1. The van der Waals surface area contributed by atoms with E-state index in [1.165, 1.54) is 0 Å². The minimum atomic E-state index is -3.70. The largest absolute Gasteiger partial charge is 0.480 e. The fourth-order valence-electron chi connectivity index (χ4n) is 1.02. The second-order valence-corrected chi connectivity index (χ2v) is 5.52. The Hall–Kier alpha value is -0.660. The molecule has 0 aliphatic rings. The molecule has 0 aromatic heterocycles. The second-order valence-electron chi connectivity index (χ2n) is 3.76. The summed E-state index contributed by atoms with van der Waals surface area (Å²) in [6.07, 6.45) is 0.645. The Bertz CT molecular complexity index is 300. The summed E-state index contributed by atoms with van der Waals surface area (Å²) >= 11 is 0. The van der Waals surface area contributed by atoms with Crippen molar-refractivity contribution in [3.63, 3.8) is 0 Å². The van der Waals surface area contributed by atoms with E-state index in [2.05, 4.69) is 4.72 Å². The number of rotatable bonds is 7. The van der Waals surface area contributed by atoms with Gasteiger partial charge in [-0.2, -0.15) is 0 Å². The average Bonchev–Trinajstić information content (AvgIpc) is 1.96. The number of carboxylic acids is 1. The predicted molar refractivity (Wildman–Crippen MR) is 57.2 cm³/mol. The fourth-order valence-corrected chi connectivity index (χ4v) is 2.16. The minimum Gasteiger partial charge on any atom is -0.480 e. The molecule has 0 fully saturated rings. The maximum absolute atomic E-state index is 11.2. The Morgan fingerprint density at radius 2 is 2.00 bits per heavy atom. The number of hydrogen-bond acceptors (Lipinski definition) is 4. The van der Waals surface area contributed by atoms with Gasteiger partial charge < -0.3 is 10.0 Å². The molecule has 0 aliphatic carbocycles. The highest BCUT2D eigenvalue weighted by Crippen LogP contribution is 1.96. The van der Waals surface area contributed by atoms with Gasteiger partial charge in [-0.15, -0.1) is 0 Å². The van der Waals surface area contributed by atoms with E-state index in [4.69, 9.17) is 5.11 Å². The van der Waals surface area contributed by atoms with Crippen molar-refractivity contribution in [3.8, 4) is 0 Å². The van der Waals surface area contributed by atoms with Crippen molar-refractivity contribution in [3.05, 3.63) is 0 Å². The van der Waals surface area contributed by atoms with Crippen molar-refractivity contribution in [2.24, 2.45) is 0 Å². The van der Waals surface area contributed by atoms with E-state index in [-0.39, 0.29) is 6.04 Å². The summed E-state index contributed by atoms with van der Waals surface area (Å²) in [6, 6.07) is -0.253. The van der Waals surface area contributed by atoms with Gasteiger partial charge in [0.1, 0.15) is 0 Å². The third-order valence-electron chi connectivity index (χ3n) is 1.70. The van der Waals surface area contributed by atoms with Gasteiger partial charge in [0, 0.05) is 6.04 Å². The van der Waals surface area contributed by atoms with Gasteiger partial charge in [-0.25, -0.2) is 13.1 Å². The summed E-state index contributed by atoms with van der Waals surface area (Å²) in [5.41, 5.74) is 0. The van der Waals surface area contributed by atoms with Crippen molar-refractivity contribution in [1.29, 1.82) is 0 Å². The SMILES string of the molecule is CC(CCN(C)C)NS(=O)(=O)CC(=O)O. The lowest BCUT2D eigenvalue weighted by atomic mass is 10.2. The van der Waals surface area contributed by atoms with Gasteiger partial charge in [-0.1, -0.05) is 0 Å². The molecule has 0 spiro atoms. The maximum Gasteiger partial charge on any atom is 0.320 e. The number of carbonyl (C=O) groups is 1. The molecular formula is C8H18N2O4S. The van der Waals surface area contributed by atoms with Crippen molar-refractivity contribution in [2.45, 2.75) is 19.4 Å². The second kappa shape index (κ2) is 6.04. The molecule has 1 unspecified atom stereocenters. The summed E-state index contributed by atoms with van der Waals surface area (Å²) in [4.78, 5) is 12.2. The lowest BCUT2D eigenvalue weighted by molar-refractivity contribution is -0.134. The smallest absolute Gasteiger partial charge is 0.320 e. The first-order valence-corrected chi connectivity index (χ1v) is 6.24. The van der Waals surface area contributed by atoms with E-state index >= 15 is 0 Å². The van der Waals surface area contributed by atoms with Gasteiger partial charge in [0.05, 0.1) is 0 Å². The van der Waals surface area contributed by atoms with Crippen LogP contribution in [0.25, 0.3) is 0 Å². The molecule has 0 saturated carbocycles. The van der Waals surface area contributed by atoms with Crippen LogP contribution in [0.4, 0.5) is 0 Å². The lowest BCUT2D eigenvalue weighted by Crippen LogP contribution is -2.38. The van der Waals surface area contributed by atoms with Crippen LogP contribution in [0.1, 0.15) is 13.3 Å². The highest BCUT2D eigenvalue weighted by atomic mass is 32.2. The molecule has 0 saturated heterocycles. The molecule has 90 valence electrons. The van der Waals surface area contributed by atoms with E-state index < -0.39 is 21.7 Å². The van der Waals surface area contributed by atoms with Gasteiger partial charge in [-0.05, 0) is 34.0 Å². The highest BCUT2D eigenvalue weighted by molar-refractivity contribution is 7.90. The monoisotopic (exact) mass is 238 g/mol. The summed E-state index contributed by atoms with van der Waals surface area (Å²) in [6.45, 7) is 2.46. The van der Waals surface area contributed by atoms with Crippen molar-refractivity contribution in [1.82, 2.24) is 9.62 Å². The molecule has 0 amide bonds. The first-order chi connectivity index (χ1) is 6.73. The van der Waals surface area contributed by atoms with Crippen LogP contribution in [0, 0.1) is 0 Å². The Kier molecular flexibility index (Phi) is 5.77. The third kappa shape index (κ3) is 8.34. The fraction of sp³-hybridized carbons (Fsp3) is 0.875. The highest BCUT2D eigenvalue weighted by Gasteiger charge is 2.18. The number of hydrogen-bond donors (Lipinski definition) is 2. The van der Waals surface area contributed by atoms with Crippen LogP contribution in [-0.4, -0.2) is 56.8 Å². The molecule has 1 atom stereocenters. The molecule has 0 heterocycles.